The number of thiol groups is 1. The maximum Gasteiger partial charge on any atom is 0.305 e. The molecule has 114 valence electrons. The van der Waals surface area contributed by atoms with E-state index in [1.165, 1.54) is 6.92 Å². The van der Waals surface area contributed by atoms with Crippen LogP contribution in [0.4, 0.5) is 0 Å². The van der Waals surface area contributed by atoms with Crippen molar-refractivity contribution in [1.82, 2.24) is 10.6 Å². The van der Waals surface area contributed by atoms with Gasteiger partial charge in [0.25, 0.3) is 0 Å². The molecule has 10 heteroatoms. The number of hydrogen-bond donors (Lipinski definition) is 6. The molecule has 0 saturated carbocycles. The van der Waals surface area contributed by atoms with E-state index in [0.29, 0.717) is 0 Å². The second-order valence-electron chi connectivity index (χ2n) is 4.01. The number of aliphatic hydroxyl groups excluding tert-OH is 1. The molecule has 3 atom stereocenters. The van der Waals surface area contributed by atoms with Crippen LogP contribution in [0.3, 0.4) is 0 Å². The van der Waals surface area contributed by atoms with Crippen molar-refractivity contribution >= 4 is 36.3 Å². The Kier molecular flexibility index (Phi) is 7.62. The van der Waals surface area contributed by atoms with Crippen LogP contribution < -0.4 is 16.4 Å². The van der Waals surface area contributed by atoms with Gasteiger partial charge < -0.3 is 26.6 Å². The third kappa shape index (κ3) is 6.38. The van der Waals surface area contributed by atoms with Crippen molar-refractivity contribution in [2.75, 3.05) is 5.75 Å². The number of carbonyl (C=O) groups is 4. The van der Waals surface area contributed by atoms with E-state index in [9.17, 15) is 24.3 Å². The largest absolute Gasteiger partial charge is 0.481 e. The summed E-state index contributed by atoms with van der Waals surface area (Å²) in [5.74, 6) is -4.10. The fourth-order valence-corrected chi connectivity index (χ4v) is 1.37. The molecule has 0 unspecified atom stereocenters. The zero-order chi connectivity index (χ0) is 15.9. The average molecular weight is 307 g/mol. The van der Waals surface area contributed by atoms with Gasteiger partial charge in [-0.1, -0.05) is 0 Å². The van der Waals surface area contributed by atoms with Crippen LogP contribution in [-0.4, -0.2) is 57.8 Å². The van der Waals surface area contributed by atoms with Gasteiger partial charge >= 0.3 is 5.97 Å². The molecule has 0 aliphatic carbocycles. The van der Waals surface area contributed by atoms with Gasteiger partial charge in [0.15, 0.2) is 0 Å². The lowest BCUT2D eigenvalue weighted by Crippen LogP contribution is -2.57. The van der Waals surface area contributed by atoms with Crippen molar-refractivity contribution < 1.29 is 29.4 Å². The quantitative estimate of drug-likeness (QED) is 0.266. The van der Waals surface area contributed by atoms with Crippen LogP contribution in [0.1, 0.15) is 13.3 Å². The van der Waals surface area contributed by atoms with Gasteiger partial charge in [0, 0.05) is 0 Å². The van der Waals surface area contributed by atoms with E-state index in [2.05, 4.69) is 23.3 Å². The Hall–Kier alpha value is -1.81. The summed E-state index contributed by atoms with van der Waals surface area (Å²) in [6, 6.07) is -2.78. The van der Waals surface area contributed by atoms with Gasteiger partial charge in [-0.05, 0) is 6.92 Å². The first-order valence-corrected chi connectivity index (χ1v) is 6.22. The fraction of sp³-hybridized carbons (Fsp3) is 0.600. The van der Waals surface area contributed by atoms with E-state index in [4.69, 9.17) is 10.8 Å². The van der Waals surface area contributed by atoms with Crippen LogP contribution in [0.2, 0.25) is 0 Å². The number of carboxylic acid groups (broad SMARTS) is 1. The summed E-state index contributed by atoms with van der Waals surface area (Å²) in [5.41, 5.74) is 4.96. The summed E-state index contributed by atoms with van der Waals surface area (Å²) in [5, 5.41) is 22.3. The normalized spacial score (nSPS) is 14.8. The van der Waals surface area contributed by atoms with Crippen molar-refractivity contribution in [3.8, 4) is 0 Å². The molecule has 0 aromatic carbocycles. The zero-order valence-electron chi connectivity index (χ0n) is 10.7. The predicted octanol–water partition coefficient (Wildman–Crippen LogP) is -2.77. The van der Waals surface area contributed by atoms with Gasteiger partial charge in [0.2, 0.25) is 17.7 Å². The smallest absolute Gasteiger partial charge is 0.305 e. The van der Waals surface area contributed by atoms with Crippen LogP contribution in [0, 0.1) is 0 Å². The van der Waals surface area contributed by atoms with E-state index in [0.717, 1.165) is 0 Å². The van der Waals surface area contributed by atoms with Crippen molar-refractivity contribution in [1.29, 1.82) is 0 Å². The summed E-state index contributed by atoms with van der Waals surface area (Å²) in [6.45, 7) is 1.25. The first-order valence-electron chi connectivity index (χ1n) is 5.58. The SMILES string of the molecule is C[C@@H](O)[C@H](NC(=O)CS)C(=O)N[C@@H](CC(=O)O)C(N)=O. The molecule has 20 heavy (non-hydrogen) atoms. The van der Waals surface area contributed by atoms with Gasteiger partial charge in [-0.2, -0.15) is 12.6 Å². The second-order valence-corrected chi connectivity index (χ2v) is 4.32. The third-order valence-electron chi connectivity index (χ3n) is 2.26. The van der Waals surface area contributed by atoms with Crippen molar-refractivity contribution in [3.05, 3.63) is 0 Å². The molecule has 0 rings (SSSR count). The number of primary amides is 1. The molecule has 6 N–H and O–H groups in total. The molecule has 0 radical (unpaired) electrons. The minimum absolute atomic E-state index is 0.203. The molecule has 0 bridgehead atoms. The Morgan fingerprint density at radius 2 is 1.80 bits per heavy atom. The molecule has 3 amide bonds. The molecule has 0 aliphatic heterocycles. The van der Waals surface area contributed by atoms with Crippen LogP contribution in [0.25, 0.3) is 0 Å². The van der Waals surface area contributed by atoms with Crippen LogP contribution in [-0.2, 0) is 19.2 Å². The highest BCUT2D eigenvalue weighted by molar-refractivity contribution is 7.81. The number of nitrogens with two attached hydrogens (primary N) is 1. The lowest BCUT2D eigenvalue weighted by molar-refractivity contribution is -0.140. The molecule has 0 aliphatic rings. The van der Waals surface area contributed by atoms with Gasteiger partial charge in [-0.25, -0.2) is 0 Å². The van der Waals surface area contributed by atoms with Crippen molar-refractivity contribution in [2.24, 2.45) is 5.73 Å². The lowest BCUT2D eigenvalue weighted by Gasteiger charge is -2.22. The topological polar surface area (TPSA) is 159 Å². The maximum absolute atomic E-state index is 11.8. The molecular weight excluding hydrogens is 290 g/mol. The molecule has 0 aromatic rings. The number of aliphatic hydroxyl groups is 1. The molecule has 0 aromatic heterocycles. The van der Waals surface area contributed by atoms with Crippen LogP contribution in [0.5, 0.6) is 0 Å². The molecule has 0 heterocycles. The number of rotatable bonds is 8. The summed E-state index contributed by atoms with van der Waals surface area (Å²) < 4.78 is 0. The summed E-state index contributed by atoms with van der Waals surface area (Å²) >= 11 is 3.70. The van der Waals surface area contributed by atoms with Gasteiger partial charge in [0.05, 0.1) is 18.3 Å². The molecule has 0 fully saturated rings. The Labute approximate surface area is 120 Å². The van der Waals surface area contributed by atoms with Crippen LogP contribution >= 0.6 is 12.6 Å². The Balaban J connectivity index is 4.84. The van der Waals surface area contributed by atoms with E-state index in [1.54, 1.807) is 0 Å². The maximum atomic E-state index is 11.8. The molecule has 0 saturated heterocycles. The average Bonchev–Trinajstić information content (AvgIpc) is 2.33. The minimum Gasteiger partial charge on any atom is -0.481 e. The molecular formula is C10H17N3O6S. The van der Waals surface area contributed by atoms with Crippen molar-refractivity contribution in [3.63, 3.8) is 0 Å². The number of nitrogens with one attached hydrogen (secondary N) is 2. The monoisotopic (exact) mass is 307 g/mol. The number of carboxylic acids is 1. The third-order valence-corrected chi connectivity index (χ3v) is 2.55. The highest BCUT2D eigenvalue weighted by atomic mass is 32.1. The van der Waals surface area contributed by atoms with E-state index in [1.807, 2.05) is 0 Å². The Bertz CT molecular complexity index is 400. The number of amides is 3. The number of carbonyl (C=O) groups excluding carboxylic acids is 3. The number of hydrogen-bond acceptors (Lipinski definition) is 6. The van der Waals surface area contributed by atoms with Crippen molar-refractivity contribution in [2.45, 2.75) is 31.5 Å². The fourth-order valence-electron chi connectivity index (χ4n) is 1.28. The minimum atomic E-state index is -1.44. The highest BCUT2D eigenvalue weighted by Crippen LogP contribution is 1.98. The van der Waals surface area contributed by atoms with E-state index in [-0.39, 0.29) is 5.75 Å². The van der Waals surface area contributed by atoms with E-state index < -0.39 is 48.3 Å². The Morgan fingerprint density at radius 1 is 1.25 bits per heavy atom. The Morgan fingerprint density at radius 3 is 2.15 bits per heavy atom. The van der Waals surface area contributed by atoms with Gasteiger partial charge in [-0.15, -0.1) is 0 Å². The zero-order valence-corrected chi connectivity index (χ0v) is 11.6. The van der Waals surface area contributed by atoms with Gasteiger partial charge in [-0.3, -0.25) is 19.2 Å². The summed E-state index contributed by atoms with van der Waals surface area (Å²) in [7, 11) is 0. The standard InChI is InChI=1S/C10H17N3O6S/c1-4(14)8(13-6(15)3-20)10(19)12-5(9(11)18)2-7(16)17/h4-5,8,14,20H,2-3H2,1H3,(H2,11,18)(H,12,19)(H,13,15)(H,16,17)/t4-,5+,8+/m1/s1. The second kappa shape index (κ2) is 8.38. The molecule has 9 nitrogen and oxygen atoms in total. The highest BCUT2D eigenvalue weighted by Gasteiger charge is 2.29. The predicted molar refractivity (Wildman–Crippen MR) is 70.8 cm³/mol. The first kappa shape index (κ1) is 18.2. The van der Waals surface area contributed by atoms with Gasteiger partial charge in [0.1, 0.15) is 12.1 Å². The van der Waals surface area contributed by atoms with Crippen LogP contribution in [0.15, 0.2) is 0 Å². The summed E-state index contributed by atoms with van der Waals surface area (Å²) in [6.07, 6.45) is -1.95. The lowest BCUT2D eigenvalue weighted by atomic mass is 10.1. The first-order chi connectivity index (χ1) is 9.18. The molecule has 0 spiro atoms. The van der Waals surface area contributed by atoms with E-state index >= 15 is 0 Å². The number of aliphatic carboxylic acids is 1. The summed E-state index contributed by atoms with van der Waals surface area (Å²) in [4.78, 5) is 44.5.